The Bertz CT molecular complexity index is 1100. The molecule has 0 unspecified atom stereocenters. The van der Waals surface area contributed by atoms with Crippen LogP contribution in [0.1, 0.15) is 16.1 Å². The van der Waals surface area contributed by atoms with Gasteiger partial charge >= 0.3 is 0 Å². The standard InChI is InChI=1S/C18H13F2N5O/c19-12-6-5-11(15(20)7-12)9-25-10-13(8-21-25)22-18(26)17-14-3-1-2-4-16(14)23-24-17/h1-8,10H,9H2,(H,22,26)(H,23,24). The number of nitrogens with one attached hydrogen (secondary N) is 2. The molecule has 0 bridgehead atoms. The molecule has 6 nitrogen and oxygen atoms in total. The van der Waals surface area contributed by atoms with Crippen molar-refractivity contribution in [1.82, 2.24) is 20.0 Å². The van der Waals surface area contributed by atoms with Crippen LogP contribution in [-0.2, 0) is 6.54 Å². The molecule has 0 aliphatic heterocycles. The third-order valence-electron chi connectivity index (χ3n) is 3.92. The molecular weight excluding hydrogens is 340 g/mol. The van der Waals surface area contributed by atoms with Crippen LogP contribution in [0.15, 0.2) is 54.9 Å². The SMILES string of the molecule is O=C(Nc1cnn(Cc2ccc(F)cc2F)c1)c1n[nH]c2ccccc12. The average molecular weight is 353 g/mol. The summed E-state index contributed by atoms with van der Waals surface area (Å²) in [6.45, 7) is 0.118. The molecule has 4 rings (SSSR count). The van der Waals surface area contributed by atoms with Crippen molar-refractivity contribution < 1.29 is 13.6 Å². The van der Waals surface area contributed by atoms with Gasteiger partial charge in [0.15, 0.2) is 5.69 Å². The van der Waals surface area contributed by atoms with Crippen LogP contribution in [0, 0.1) is 11.6 Å². The van der Waals surface area contributed by atoms with Crippen molar-refractivity contribution in [1.29, 1.82) is 0 Å². The first-order valence-corrected chi connectivity index (χ1v) is 7.81. The zero-order chi connectivity index (χ0) is 18.1. The Labute approximate surface area is 146 Å². The van der Waals surface area contributed by atoms with Gasteiger partial charge in [-0.1, -0.05) is 24.3 Å². The first-order chi connectivity index (χ1) is 12.6. The van der Waals surface area contributed by atoms with Crippen LogP contribution >= 0.6 is 0 Å². The van der Waals surface area contributed by atoms with E-state index in [1.54, 1.807) is 12.3 Å². The number of para-hydroxylation sites is 1. The van der Waals surface area contributed by atoms with Crippen LogP contribution in [0.25, 0.3) is 10.9 Å². The van der Waals surface area contributed by atoms with Crippen LogP contribution < -0.4 is 5.32 Å². The number of aromatic amines is 1. The van der Waals surface area contributed by atoms with Gasteiger partial charge < -0.3 is 5.32 Å². The number of H-pyrrole nitrogens is 1. The van der Waals surface area contributed by atoms with E-state index in [9.17, 15) is 13.6 Å². The minimum atomic E-state index is -0.644. The maximum atomic E-state index is 13.7. The summed E-state index contributed by atoms with van der Waals surface area (Å²) in [6, 6.07) is 10.7. The first-order valence-electron chi connectivity index (χ1n) is 7.81. The fraction of sp³-hybridized carbons (Fsp3) is 0.0556. The zero-order valence-corrected chi connectivity index (χ0v) is 13.4. The predicted molar refractivity (Wildman–Crippen MR) is 91.7 cm³/mol. The topological polar surface area (TPSA) is 75.6 Å². The number of hydrogen-bond acceptors (Lipinski definition) is 3. The number of carbonyl (C=O) groups is 1. The summed E-state index contributed by atoms with van der Waals surface area (Å²) in [4.78, 5) is 12.4. The van der Waals surface area contributed by atoms with E-state index in [4.69, 9.17) is 0 Å². The number of benzene rings is 2. The molecule has 4 aromatic rings. The predicted octanol–water partition coefficient (Wildman–Crippen LogP) is 3.34. The third-order valence-corrected chi connectivity index (χ3v) is 3.92. The first kappa shape index (κ1) is 15.9. The summed E-state index contributed by atoms with van der Waals surface area (Å²) in [6.07, 6.45) is 3.02. The normalized spacial score (nSPS) is 11.0. The smallest absolute Gasteiger partial charge is 0.276 e. The van der Waals surface area contributed by atoms with Crippen molar-refractivity contribution in [3.05, 3.63) is 77.8 Å². The highest BCUT2D eigenvalue weighted by Gasteiger charge is 2.15. The molecule has 0 saturated carbocycles. The van der Waals surface area contributed by atoms with E-state index in [2.05, 4.69) is 20.6 Å². The molecule has 2 aromatic carbocycles. The summed E-state index contributed by atoms with van der Waals surface area (Å²) in [5, 5.41) is 14.3. The molecule has 0 fully saturated rings. The van der Waals surface area contributed by atoms with Crippen molar-refractivity contribution in [2.24, 2.45) is 0 Å². The number of fused-ring (bicyclic) bond motifs is 1. The van der Waals surface area contributed by atoms with Crippen molar-refractivity contribution in [2.75, 3.05) is 5.32 Å². The molecule has 1 amide bonds. The minimum absolute atomic E-state index is 0.118. The van der Waals surface area contributed by atoms with E-state index in [0.29, 0.717) is 16.6 Å². The van der Waals surface area contributed by atoms with Crippen LogP contribution in [0.4, 0.5) is 14.5 Å². The van der Waals surface area contributed by atoms with Gasteiger partial charge in [0.2, 0.25) is 0 Å². The molecule has 0 spiro atoms. The number of aromatic nitrogens is 4. The number of nitrogens with zero attached hydrogens (tertiary/aromatic N) is 3. The van der Waals surface area contributed by atoms with Crippen LogP contribution in [0.3, 0.4) is 0 Å². The lowest BCUT2D eigenvalue weighted by atomic mass is 10.2. The molecule has 2 N–H and O–H groups in total. The number of rotatable bonds is 4. The Balaban J connectivity index is 1.50. The lowest BCUT2D eigenvalue weighted by Gasteiger charge is -2.03. The Kier molecular flexibility index (Phi) is 3.92. The van der Waals surface area contributed by atoms with Gasteiger partial charge in [0, 0.05) is 23.2 Å². The number of amides is 1. The highest BCUT2D eigenvalue weighted by atomic mass is 19.1. The van der Waals surface area contributed by atoms with Crippen LogP contribution in [-0.4, -0.2) is 25.9 Å². The molecule has 2 heterocycles. The van der Waals surface area contributed by atoms with Gasteiger partial charge in [-0.3, -0.25) is 14.6 Å². The van der Waals surface area contributed by atoms with Gasteiger partial charge in [0.05, 0.1) is 23.9 Å². The van der Waals surface area contributed by atoms with Gasteiger partial charge in [-0.25, -0.2) is 8.78 Å². The maximum Gasteiger partial charge on any atom is 0.276 e. The Morgan fingerprint density at radius 3 is 2.88 bits per heavy atom. The van der Waals surface area contributed by atoms with Gasteiger partial charge in [-0.05, 0) is 12.1 Å². The van der Waals surface area contributed by atoms with Crippen molar-refractivity contribution in [3.8, 4) is 0 Å². The summed E-state index contributed by atoms with van der Waals surface area (Å²) in [7, 11) is 0. The molecule has 0 aliphatic rings. The number of carbonyl (C=O) groups excluding carboxylic acids is 1. The van der Waals surface area contributed by atoms with Crippen LogP contribution in [0.5, 0.6) is 0 Å². The number of halogens is 2. The molecule has 0 atom stereocenters. The lowest BCUT2D eigenvalue weighted by Crippen LogP contribution is -2.12. The monoisotopic (exact) mass is 353 g/mol. The largest absolute Gasteiger partial charge is 0.318 e. The molecule has 2 aromatic heterocycles. The highest BCUT2D eigenvalue weighted by Crippen LogP contribution is 2.17. The van der Waals surface area contributed by atoms with Gasteiger partial charge in [-0.2, -0.15) is 10.2 Å². The van der Waals surface area contributed by atoms with E-state index < -0.39 is 11.6 Å². The molecular formula is C18H13F2N5O. The fourth-order valence-corrected chi connectivity index (χ4v) is 2.67. The van der Waals surface area contributed by atoms with E-state index >= 15 is 0 Å². The molecule has 0 radical (unpaired) electrons. The summed E-state index contributed by atoms with van der Waals surface area (Å²) in [5.41, 5.74) is 1.79. The molecule has 130 valence electrons. The maximum absolute atomic E-state index is 13.7. The second kappa shape index (κ2) is 6.40. The Morgan fingerprint density at radius 2 is 2.04 bits per heavy atom. The average Bonchev–Trinajstić information content (AvgIpc) is 3.24. The van der Waals surface area contributed by atoms with Gasteiger partial charge in [0.1, 0.15) is 11.6 Å². The quantitative estimate of drug-likeness (QED) is 0.591. The highest BCUT2D eigenvalue weighted by molar-refractivity contribution is 6.10. The molecule has 0 aliphatic carbocycles. The second-order valence-electron chi connectivity index (χ2n) is 5.73. The molecule has 8 heteroatoms. The minimum Gasteiger partial charge on any atom is -0.318 e. The summed E-state index contributed by atoms with van der Waals surface area (Å²) < 4.78 is 28.1. The molecule has 0 saturated heterocycles. The fourth-order valence-electron chi connectivity index (χ4n) is 2.67. The Morgan fingerprint density at radius 1 is 1.19 bits per heavy atom. The van der Waals surface area contributed by atoms with E-state index in [-0.39, 0.29) is 18.1 Å². The van der Waals surface area contributed by atoms with Gasteiger partial charge in [-0.15, -0.1) is 0 Å². The van der Waals surface area contributed by atoms with E-state index in [1.165, 1.54) is 23.0 Å². The molecule has 26 heavy (non-hydrogen) atoms. The van der Waals surface area contributed by atoms with Crippen molar-refractivity contribution >= 4 is 22.5 Å². The number of anilines is 1. The lowest BCUT2D eigenvalue weighted by molar-refractivity contribution is 0.102. The third kappa shape index (κ3) is 3.04. The summed E-state index contributed by atoms with van der Waals surface area (Å²) >= 11 is 0. The van der Waals surface area contributed by atoms with Crippen molar-refractivity contribution in [3.63, 3.8) is 0 Å². The van der Waals surface area contributed by atoms with E-state index in [0.717, 1.165) is 11.6 Å². The van der Waals surface area contributed by atoms with Crippen molar-refractivity contribution in [2.45, 2.75) is 6.54 Å². The zero-order valence-electron chi connectivity index (χ0n) is 13.4. The second-order valence-corrected chi connectivity index (χ2v) is 5.73. The number of hydrogen-bond donors (Lipinski definition) is 2. The summed E-state index contributed by atoms with van der Waals surface area (Å²) in [5.74, 6) is -1.66. The Hall–Kier alpha value is -3.55. The van der Waals surface area contributed by atoms with E-state index in [1.807, 2.05) is 18.2 Å². The van der Waals surface area contributed by atoms with Crippen LogP contribution in [0.2, 0.25) is 0 Å². The van der Waals surface area contributed by atoms with Gasteiger partial charge in [0.25, 0.3) is 5.91 Å².